The van der Waals surface area contributed by atoms with Gasteiger partial charge in [0, 0.05) is 24.4 Å². The highest BCUT2D eigenvalue weighted by molar-refractivity contribution is 14.0. The number of halogens is 1. The number of guanidine groups is 1. The summed E-state index contributed by atoms with van der Waals surface area (Å²) >= 11 is 1.99. The summed E-state index contributed by atoms with van der Waals surface area (Å²) in [6.45, 7) is 7.49. The quantitative estimate of drug-likeness (QED) is 0.256. The number of hydrogen-bond donors (Lipinski definition) is 2. The van der Waals surface area contributed by atoms with Crippen LogP contribution in [0.1, 0.15) is 46.0 Å². The number of nitrogens with one attached hydrogen (secondary N) is 2. The smallest absolute Gasteiger partial charge is 0.191 e. The molecule has 0 heterocycles. The van der Waals surface area contributed by atoms with Crippen molar-refractivity contribution >= 4 is 41.7 Å². The fourth-order valence-electron chi connectivity index (χ4n) is 2.37. The van der Waals surface area contributed by atoms with Crippen molar-refractivity contribution in [1.82, 2.24) is 10.6 Å². The molecule has 0 aliphatic heterocycles. The molecule has 0 bridgehead atoms. The molecule has 1 rings (SSSR count). The third-order valence-electron chi connectivity index (χ3n) is 3.55. The SMILES string of the molecule is CCCCOCCN=C(NCC)NC1CCC(SC)C1.I. The number of thioether (sulfide) groups is 1. The van der Waals surface area contributed by atoms with Crippen LogP contribution in [0.4, 0.5) is 0 Å². The molecular formula is C15H32IN3OS. The molecule has 4 nitrogen and oxygen atoms in total. The molecule has 0 aromatic heterocycles. The molecule has 0 radical (unpaired) electrons. The third kappa shape index (κ3) is 9.84. The summed E-state index contributed by atoms with van der Waals surface area (Å²) in [4.78, 5) is 4.59. The summed E-state index contributed by atoms with van der Waals surface area (Å²) in [5.41, 5.74) is 0. The van der Waals surface area contributed by atoms with Gasteiger partial charge in [-0.1, -0.05) is 13.3 Å². The molecule has 0 amide bonds. The zero-order valence-corrected chi connectivity index (χ0v) is 16.8. The molecule has 21 heavy (non-hydrogen) atoms. The number of nitrogens with zero attached hydrogens (tertiary/aromatic N) is 1. The van der Waals surface area contributed by atoms with E-state index in [1.165, 1.54) is 25.7 Å². The minimum atomic E-state index is 0. The van der Waals surface area contributed by atoms with E-state index in [1.54, 1.807) is 0 Å². The Hall–Kier alpha value is 0.310. The first kappa shape index (κ1) is 21.3. The lowest BCUT2D eigenvalue weighted by Crippen LogP contribution is -2.42. The molecule has 1 aliphatic rings. The lowest BCUT2D eigenvalue weighted by Gasteiger charge is -2.17. The first-order valence-corrected chi connectivity index (χ1v) is 9.24. The normalized spacial score (nSPS) is 22.0. The number of rotatable bonds is 9. The Kier molecular flexibility index (Phi) is 14.1. The van der Waals surface area contributed by atoms with Crippen LogP contribution in [0.5, 0.6) is 0 Å². The molecule has 2 N–H and O–H groups in total. The van der Waals surface area contributed by atoms with Crippen LogP contribution in [0.2, 0.25) is 0 Å². The van der Waals surface area contributed by atoms with Crippen molar-refractivity contribution in [3.05, 3.63) is 0 Å². The largest absolute Gasteiger partial charge is 0.380 e. The number of unbranched alkanes of at least 4 members (excludes halogenated alkanes) is 1. The van der Waals surface area contributed by atoms with Crippen molar-refractivity contribution in [2.24, 2.45) is 4.99 Å². The van der Waals surface area contributed by atoms with Crippen LogP contribution >= 0.6 is 35.7 Å². The average Bonchev–Trinajstić information content (AvgIpc) is 2.90. The zero-order chi connectivity index (χ0) is 14.6. The van der Waals surface area contributed by atoms with E-state index in [1.807, 2.05) is 11.8 Å². The predicted octanol–water partition coefficient (Wildman–Crippen LogP) is 3.26. The molecule has 0 aromatic carbocycles. The van der Waals surface area contributed by atoms with Gasteiger partial charge in [-0.2, -0.15) is 11.8 Å². The van der Waals surface area contributed by atoms with Crippen molar-refractivity contribution in [1.29, 1.82) is 0 Å². The highest BCUT2D eigenvalue weighted by Crippen LogP contribution is 2.27. The Bertz CT molecular complexity index is 280. The van der Waals surface area contributed by atoms with Crippen LogP contribution in [0.25, 0.3) is 0 Å². The zero-order valence-electron chi connectivity index (χ0n) is 13.7. The van der Waals surface area contributed by atoms with E-state index in [2.05, 4.69) is 35.7 Å². The lowest BCUT2D eigenvalue weighted by molar-refractivity contribution is 0.139. The maximum absolute atomic E-state index is 5.54. The van der Waals surface area contributed by atoms with E-state index in [9.17, 15) is 0 Å². The minimum Gasteiger partial charge on any atom is -0.380 e. The lowest BCUT2D eigenvalue weighted by atomic mass is 10.2. The summed E-state index contributed by atoms with van der Waals surface area (Å²) in [5.74, 6) is 0.943. The van der Waals surface area contributed by atoms with Crippen LogP contribution < -0.4 is 10.6 Å². The second kappa shape index (κ2) is 13.9. The molecule has 0 spiro atoms. The molecule has 2 unspecified atom stereocenters. The Morgan fingerprint density at radius 1 is 1.29 bits per heavy atom. The second-order valence-electron chi connectivity index (χ2n) is 5.24. The highest BCUT2D eigenvalue weighted by atomic mass is 127. The summed E-state index contributed by atoms with van der Waals surface area (Å²) in [6, 6.07) is 0.575. The van der Waals surface area contributed by atoms with Gasteiger partial charge in [0.15, 0.2) is 5.96 Å². The van der Waals surface area contributed by atoms with Crippen molar-refractivity contribution < 1.29 is 4.74 Å². The summed E-state index contributed by atoms with van der Waals surface area (Å²) in [6.07, 6.45) is 8.35. The van der Waals surface area contributed by atoms with Crippen LogP contribution in [0.3, 0.4) is 0 Å². The predicted molar refractivity (Wildman–Crippen MR) is 105 cm³/mol. The molecule has 1 fully saturated rings. The van der Waals surface area contributed by atoms with E-state index in [0.717, 1.165) is 37.3 Å². The average molecular weight is 429 g/mol. The van der Waals surface area contributed by atoms with Crippen LogP contribution in [0.15, 0.2) is 4.99 Å². The number of ether oxygens (including phenoxy) is 1. The first-order valence-electron chi connectivity index (χ1n) is 7.95. The fourth-order valence-corrected chi connectivity index (χ4v) is 3.17. The summed E-state index contributed by atoms with van der Waals surface area (Å²) < 4.78 is 5.54. The molecule has 0 aromatic rings. The van der Waals surface area contributed by atoms with Gasteiger partial charge in [-0.15, -0.1) is 24.0 Å². The van der Waals surface area contributed by atoms with Crippen molar-refractivity contribution in [3.8, 4) is 0 Å². The Morgan fingerprint density at radius 3 is 2.71 bits per heavy atom. The van der Waals surface area contributed by atoms with Gasteiger partial charge in [0.05, 0.1) is 13.2 Å². The monoisotopic (exact) mass is 429 g/mol. The van der Waals surface area contributed by atoms with Crippen LogP contribution in [0, 0.1) is 0 Å². The van der Waals surface area contributed by atoms with E-state index in [0.29, 0.717) is 12.6 Å². The molecule has 2 atom stereocenters. The van der Waals surface area contributed by atoms with E-state index in [4.69, 9.17) is 4.74 Å². The maximum Gasteiger partial charge on any atom is 0.191 e. The Morgan fingerprint density at radius 2 is 2.10 bits per heavy atom. The van der Waals surface area contributed by atoms with Gasteiger partial charge < -0.3 is 15.4 Å². The summed E-state index contributed by atoms with van der Waals surface area (Å²) in [7, 11) is 0. The van der Waals surface area contributed by atoms with Crippen molar-refractivity contribution in [2.45, 2.75) is 57.2 Å². The molecular weight excluding hydrogens is 397 g/mol. The van der Waals surface area contributed by atoms with Crippen molar-refractivity contribution in [3.63, 3.8) is 0 Å². The minimum absolute atomic E-state index is 0. The van der Waals surface area contributed by atoms with E-state index in [-0.39, 0.29) is 24.0 Å². The molecule has 1 aliphatic carbocycles. The van der Waals surface area contributed by atoms with Gasteiger partial charge in [0.1, 0.15) is 0 Å². The fraction of sp³-hybridized carbons (Fsp3) is 0.933. The molecule has 126 valence electrons. The molecule has 1 saturated carbocycles. The Labute approximate surface area is 151 Å². The van der Waals surface area contributed by atoms with Gasteiger partial charge in [0.25, 0.3) is 0 Å². The summed E-state index contributed by atoms with van der Waals surface area (Å²) in [5, 5.41) is 7.69. The maximum atomic E-state index is 5.54. The standard InChI is InChI=1S/C15H31N3OS.HI/c1-4-6-10-19-11-9-17-15(16-5-2)18-13-7-8-14(12-13)20-3;/h13-14H,4-12H2,1-3H3,(H2,16,17,18);1H. The number of hydrogen-bond acceptors (Lipinski definition) is 3. The number of aliphatic imine (C=N–C) groups is 1. The van der Waals surface area contributed by atoms with E-state index < -0.39 is 0 Å². The molecule has 0 saturated heterocycles. The third-order valence-corrected chi connectivity index (χ3v) is 4.65. The van der Waals surface area contributed by atoms with Crippen molar-refractivity contribution in [2.75, 3.05) is 32.6 Å². The van der Waals surface area contributed by atoms with Gasteiger partial charge >= 0.3 is 0 Å². The second-order valence-corrected chi connectivity index (χ2v) is 6.38. The van der Waals surface area contributed by atoms with E-state index >= 15 is 0 Å². The first-order chi connectivity index (χ1) is 9.80. The molecule has 6 heteroatoms. The van der Waals surface area contributed by atoms with Crippen LogP contribution in [-0.4, -0.2) is 49.8 Å². The van der Waals surface area contributed by atoms with Crippen LogP contribution in [-0.2, 0) is 4.74 Å². The van der Waals surface area contributed by atoms with Gasteiger partial charge in [-0.25, -0.2) is 0 Å². The van der Waals surface area contributed by atoms with Gasteiger partial charge in [-0.05, 0) is 38.9 Å². The highest BCUT2D eigenvalue weighted by Gasteiger charge is 2.24. The Balaban J connectivity index is 0.00000400. The van der Waals surface area contributed by atoms with Gasteiger partial charge in [-0.3, -0.25) is 4.99 Å². The topological polar surface area (TPSA) is 45.6 Å². The van der Waals surface area contributed by atoms with Gasteiger partial charge in [0.2, 0.25) is 0 Å².